The molecular weight excluding hydrogens is 790 g/mol. The maximum Gasteiger partial charge on any atom is 0.326 e. The summed E-state index contributed by atoms with van der Waals surface area (Å²) in [6.45, 7) is 1.26. The number of para-hydroxylation sites is 2. The van der Waals surface area contributed by atoms with E-state index in [0.29, 0.717) is 43.7 Å². The minimum absolute atomic E-state index is 0.0417. The molecule has 3 atom stereocenters. The number of hydrogen-bond donors (Lipinski definition) is 2. The van der Waals surface area contributed by atoms with Crippen molar-refractivity contribution in [2.75, 3.05) is 40.6 Å². The lowest BCUT2D eigenvalue weighted by Gasteiger charge is -2.54. The number of hydrogen-bond acceptors (Lipinski definition) is 9. The van der Waals surface area contributed by atoms with Crippen LogP contribution in [0.2, 0.25) is 0 Å². The topological polar surface area (TPSA) is 144 Å². The molecular formula is C48H66FN7O6. The van der Waals surface area contributed by atoms with Gasteiger partial charge < -0.3 is 25.2 Å². The van der Waals surface area contributed by atoms with E-state index in [-0.39, 0.29) is 54.4 Å². The molecule has 0 radical (unpaired) electrons. The Balaban J connectivity index is 0.000000171. The minimum Gasteiger partial charge on any atom is -0.468 e. The van der Waals surface area contributed by atoms with Gasteiger partial charge in [0, 0.05) is 49.4 Å². The zero-order chi connectivity index (χ0) is 43.2. The number of methoxy groups -OCH3 is 1. The molecule has 5 aliphatic heterocycles. The van der Waals surface area contributed by atoms with Crippen molar-refractivity contribution >= 4 is 52.5 Å². The fourth-order valence-corrected chi connectivity index (χ4v) is 12.2. The number of pyridine rings is 1. The third kappa shape index (κ3) is 9.56. The highest BCUT2D eigenvalue weighted by molar-refractivity contribution is 6.15. The predicted octanol–water partition coefficient (Wildman–Crippen LogP) is 7.88. The van der Waals surface area contributed by atoms with E-state index in [1.165, 1.54) is 88.7 Å². The van der Waals surface area contributed by atoms with Gasteiger partial charge in [0.2, 0.25) is 23.6 Å². The Kier molecular flexibility index (Phi) is 14.2. The maximum atomic E-state index is 14.0. The van der Waals surface area contributed by atoms with E-state index in [1.807, 2.05) is 29.2 Å². The third-order valence-electron chi connectivity index (χ3n) is 15.0. The molecule has 5 fully saturated rings. The largest absolute Gasteiger partial charge is 0.468 e. The van der Waals surface area contributed by atoms with Crippen molar-refractivity contribution in [2.45, 2.75) is 183 Å². The van der Waals surface area contributed by atoms with E-state index >= 15 is 0 Å². The molecule has 6 heterocycles. The van der Waals surface area contributed by atoms with Crippen molar-refractivity contribution in [3.8, 4) is 0 Å². The van der Waals surface area contributed by atoms with Crippen molar-refractivity contribution < 1.29 is 33.1 Å². The number of esters is 1. The van der Waals surface area contributed by atoms with Crippen molar-refractivity contribution in [3.05, 3.63) is 42.3 Å². The fourth-order valence-electron chi connectivity index (χ4n) is 12.2. The molecule has 0 spiro atoms. The first-order valence-corrected chi connectivity index (χ1v) is 23.7. The van der Waals surface area contributed by atoms with Crippen molar-refractivity contribution in [3.63, 3.8) is 0 Å². The molecule has 7 aliphatic rings. The van der Waals surface area contributed by atoms with Crippen molar-refractivity contribution in [1.82, 2.24) is 14.8 Å². The Hall–Kier alpha value is -4.43. The number of carbonyl (C=O) groups excluding carboxylic acids is 5. The van der Waals surface area contributed by atoms with Crippen molar-refractivity contribution in [1.29, 1.82) is 0 Å². The number of carbonyl (C=O) groups is 5. The highest BCUT2D eigenvalue weighted by Gasteiger charge is 2.48. The van der Waals surface area contributed by atoms with Crippen LogP contribution in [0.1, 0.15) is 148 Å². The molecule has 13 nitrogen and oxygen atoms in total. The summed E-state index contributed by atoms with van der Waals surface area (Å²) in [5.74, 6) is -1.57. The zero-order valence-electron chi connectivity index (χ0n) is 36.6. The third-order valence-corrected chi connectivity index (χ3v) is 15.0. The Bertz CT molecular complexity index is 1930. The van der Waals surface area contributed by atoms with E-state index in [0.717, 1.165) is 75.0 Å². The number of nitrogens with one attached hydrogen (secondary N) is 2. The molecule has 62 heavy (non-hydrogen) atoms. The van der Waals surface area contributed by atoms with E-state index in [2.05, 4.69) is 25.4 Å². The van der Waals surface area contributed by atoms with Gasteiger partial charge in [-0.05, 0) is 76.3 Å². The Morgan fingerprint density at radius 1 is 0.677 bits per heavy atom. The van der Waals surface area contributed by atoms with Crippen LogP contribution in [-0.2, 0) is 28.7 Å². The van der Waals surface area contributed by atoms with Crippen LogP contribution in [0, 0.1) is 5.82 Å². The average Bonchev–Trinajstić information content (AvgIpc) is 3.44. The van der Waals surface area contributed by atoms with E-state index in [9.17, 15) is 28.4 Å². The first kappa shape index (κ1) is 44.2. The predicted molar refractivity (Wildman–Crippen MR) is 236 cm³/mol. The first-order chi connectivity index (χ1) is 30.1. The van der Waals surface area contributed by atoms with Gasteiger partial charge in [-0.2, -0.15) is 0 Å². The summed E-state index contributed by atoms with van der Waals surface area (Å²) in [5.41, 5.74) is 1.34. The van der Waals surface area contributed by atoms with Crippen LogP contribution in [0.25, 0.3) is 0 Å². The number of fused-ring (bicyclic) bond motifs is 4. The van der Waals surface area contributed by atoms with Crippen LogP contribution < -0.4 is 20.4 Å². The molecule has 2 bridgehead atoms. The lowest BCUT2D eigenvalue weighted by Crippen LogP contribution is -2.60. The van der Waals surface area contributed by atoms with Gasteiger partial charge in [0.05, 0.1) is 30.4 Å². The molecule has 2 aliphatic carbocycles. The number of nitrogens with zero attached hydrogens (tertiary/aromatic N) is 5. The van der Waals surface area contributed by atoms with Crippen LogP contribution >= 0.6 is 0 Å². The van der Waals surface area contributed by atoms with Gasteiger partial charge in [0.25, 0.3) is 0 Å². The summed E-state index contributed by atoms with van der Waals surface area (Å²) in [4.78, 5) is 75.9. The summed E-state index contributed by atoms with van der Waals surface area (Å²) >= 11 is 0. The van der Waals surface area contributed by atoms with Gasteiger partial charge >= 0.3 is 5.97 Å². The SMILES string of the molecule is COC(=O)C1(N2CCC(N3C(=O)CC(=O)Nc4ncc(F)cc43)CC2)CCCCCCC1.O=C1CC(=O)N(C2C[C@H]3CCC[C@@H](C2)N3C2CCCCCCC2)c2ccccc2N1. The monoisotopic (exact) mass is 856 g/mol. The molecule has 1 aromatic heterocycles. The molecule has 3 saturated heterocycles. The highest BCUT2D eigenvalue weighted by atomic mass is 19.1. The fraction of sp³-hybridized carbons (Fsp3) is 0.667. The standard InChI is InChI=1S/C25H35N3O2.C23H31FN4O4/c29-24-17-25(30)28(23-14-7-6-13-22(23)26-24)21-15-19-11-8-12-20(16-21)27(19)18-9-4-2-1-3-5-10-18;1-32-22(31)23(9-5-3-2-4-6-10-23)27-11-7-17(8-12-27)28-18-13-16(24)15-25-21(18)26-19(29)14-20(28)30/h6-7,13-14,18-21H,1-5,8-12,15-17H2,(H,26,29);13,15,17H,2-12,14H2,1H3,(H,25,26,29)/t19-,20+,21?;. The number of benzene rings is 1. The summed E-state index contributed by atoms with van der Waals surface area (Å²) in [7, 11) is 1.45. The molecule has 4 amide bonds. The summed E-state index contributed by atoms with van der Waals surface area (Å²) < 4.78 is 19.2. The van der Waals surface area contributed by atoms with Crippen LogP contribution in [0.4, 0.5) is 27.3 Å². The quantitative estimate of drug-likeness (QED) is 0.227. The number of anilines is 4. The molecule has 9 rings (SSSR count). The Morgan fingerprint density at radius 3 is 1.89 bits per heavy atom. The molecule has 336 valence electrons. The lowest BCUT2D eigenvalue weighted by atomic mass is 9.78. The van der Waals surface area contributed by atoms with Crippen LogP contribution in [-0.4, -0.2) is 100 Å². The zero-order valence-corrected chi connectivity index (χ0v) is 36.6. The molecule has 2 N–H and O–H groups in total. The highest BCUT2D eigenvalue weighted by Crippen LogP contribution is 2.43. The molecule has 1 aromatic carbocycles. The maximum absolute atomic E-state index is 14.0. The summed E-state index contributed by atoms with van der Waals surface area (Å²) in [5, 5.41) is 5.53. The second kappa shape index (κ2) is 20.0. The van der Waals surface area contributed by atoms with Gasteiger partial charge in [-0.25, -0.2) is 9.37 Å². The normalized spacial score (nSPS) is 27.0. The number of likely N-dealkylation sites (tertiary alicyclic amines) is 1. The molecule has 2 aromatic rings. The van der Waals surface area contributed by atoms with Crippen LogP contribution in [0.15, 0.2) is 36.5 Å². The smallest absolute Gasteiger partial charge is 0.326 e. The van der Waals surface area contributed by atoms with Gasteiger partial charge in [0.15, 0.2) is 5.82 Å². The summed E-state index contributed by atoms with van der Waals surface area (Å²) in [6, 6.07) is 11.0. The Morgan fingerprint density at radius 2 is 1.24 bits per heavy atom. The Labute approximate surface area is 365 Å². The van der Waals surface area contributed by atoms with Gasteiger partial charge in [-0.15, -0.1) is 0 Å². The first-order valence-electron chi connectivity index (χ1n) is 23.7. The number of amides is 4. The number of piperidine rings is 3. The van der Waals surface area contributed by atoms with Gasteiger partial charge in [-0.3, -0.25) is 33.8 Å². The van der Waals surface area contributed by atoms with E-state index < -0.39 is 17.3 Å². The van der Waals surface area contributed by atoms with Crippen molar-refractivity contribution in [2.24, 2.45) is 0 Å². The number of ether oxygens (including phenoxy) is 1. The number of rotatable bonds is 5. The number of halogens is 1. The minimum atomic E-state index is -0.619. The number of aromatic nitrogens is 1. The van der Waals surface area contributed by atoms with Gasteiger partial charge in [-0.1, -0.05) is 82.8 Å². The van der Waals surface area contributed by atoms with Gasteiger partial charge in [0.1, 0.15) is 24.2 Å². The molecule has 2 saturated carbocycles. The van der Waals surface area contributed by atoms with Crippen LogP contribution in [0.5, 0.6) is 0 Å². The molecule has 1 unspecified atom stereocenters. The average molecular weight is 856 g/mol. The van der Waals surface area contributed by atoms with Crippen LogP contribution in [0.3, 0.4) is 0 Å². The second-order valence-corrected chi connectivity index (χ2v) is 18.8. The lowest BCUT2D eigenvalue weighted by molar-refractivity contribution is -0.158. The van der Waals surface area contributed by atoms with E-state index in [4.69, 9.17) is 4.74 Å². The van der Waals surface area contributed by atoms with E-state index in [1.54, 1.807) is 0 Å². The second-order valence-electron chi connectivity index (χ2n) is 18.8. The summed E-state index contributed by atoms with van der Waals surface area (Å²) in [6.07, 6.45) is 24.4. The molecule has 14 heteroatoms.